The fourth-order valence-corrected chi connectivity index (χ4v) is 4.53. The number of nitrogens with one attached hydrogen (secondary N) is 1. The van der Waals surface area contributed by atoms with Crippen molar-refractivity contribution in [1.82, 2.24) is 20.4 Å². The number of aliphatic hydroxyl groups is 1. The molecule has 0 spiro atoms. The van der Waals surface area contributed by atoms with Gasteiger partial charge >= 0.3 is 0 Å². The average molecular weight is 481 g/mol. The summed E-state index contributed by atoms with van der Waals surface area (Å²) in [5, 5.41) is 17.2. The van der Waals surface area contributed by atoms with Crippen LogP contribution in [0.3, 0.4) is 0 Å². The van der Waals surface area contributed by atoms with Crippen molar-refractivity contribution in [3.8, 4) is 28.4 Å². The molecule has 4 rings (SSSR count). The van der Waals surface area contributed by atoms with Gasteiger partial charge in [0.2, 0.25) is 0 Å². The molecule has 3 heterocycles. The highest BCUT2D eigenvalue weighted by Gasteiger charge is 2.23. The van der Waals surface area contributed by atoms with E-state index in [0.717, 1.165) is 78.4 Å². The van der Waals surface area contributed by atoms with Crippen molar-refractivity contribution in [2.45, 2.75) is 52.6 Å². The van der Waals surface area contributed by atoms with Crippen LogP contribution in [0.4, 0.5) is 0 Å². The zero-order valence-corrected chi connectivity index (χ0v) is 21.1. The Bertz CT molecular complexity index is 1120. The quantitative estimate of drug-likeness (QED) is 0.450. The van der Waals surface area contributed by atoms with E-state index in [2.05, 4.69) is 24.3 Å². The number of rotatable bonds is 10. The van der Waals surface area contributed by atoms with Crippen molar-refractivity contribution in [3.63, 3.8) is 0 Å². The van der Waals surface area contributed by atoms with Gasteiger partial charge in [-0.3, -0.25) is 0 Å². The molecule has 2 aromatic heterocycles. The largest absolute Gasteiger partial charge is 0.491 e. The van der Waals surface area contributed by atoms with Gasteiger partial charge in [0, 0.05) is 37.4 Å². The Morgan fingerprint density at radius 1 is 1.20 bits per heavy atom. The summed E-state index contributed by atoms with van der Waals surface area (Å²) in [5.74, 6) is 2.69. The van der Waals surface area contributed by atoms with Gasteiger partial charge in [-0.25, -0.2) is 9.97 Å². The first-order valence-corrected chi connectivity index (χ1v) is 12.5. The minimum absolute atomic E-state index is 0.207. The molecule has 0 bridgehead atoms. The van der Waals surface area contributed by atoms with E-state index in [4.69, 9.17) is 24.0 Å². The average Bonchev–Trinajstić information content (AvgIpc) is 3.25. The topological polar surface area (TPSA) is 103 Å². The van der Waals surface area contributed by atoms with Crippen LogP contribution in [0, 0.1) is 19.8 Å². The molecule has 3 aromatic rings. The van der Waals surface area contributed by atoms with E-state index in [9.17, 15) is 5.11 Å². The van der Waals surface area contributed by atoms with Gasteiger partial charge in [-0.1, -0.05) is 24.2 Å². The number of aromatic nitrogens is 3. The molecule has 1 unspecified atom stereocenters. The molecular formula is C27H36N4O4. The Balaban J connectivity index is 1.73. The number of aliphatic hydroxyl groups excluding tert-OH is 1. The first kappa shape index (κ1) is 25.3. The lowest BCUT2D eigenvalue weighted by molar-refractivity contribution is 0.0662. The van der Waals surface area contributed by atoms with Crippen LogP contribution < -0.4 is 10.1 Å². The SMILES string of the molecule is CCc1onc(C)c1-c1nc(-c2cccc(OCC(O)CNC)c2)nc(CC2CCOCC2)c1C. The van der Waals surface area contributed by atoms with E-state index in [-0.39, 0.29) is 6.61 Å². The van der Waals surface area contributed by atoms with Gasteiger partial charge in [-0.2, -0.15) is 0 Å². The maximum absolute atomic E-state index is 10.0. The highest BCUT2D eigenvalue weighted by Crippen LogP contribution is 2.34. The van der Waals surface area contributed by atoms with Crippen molar-refractivity contribution in [1.29, 1.82) is 0 Å². The Labute approximate surface area is 207 Å². The van der Waals surface area contributed by atoms with Crippen molar-refractivity contribution in [2.24, 2.45) is 5.92 Å². The summed E-state index contributed by atoms with van der Waals surface area (Å²) >= 11 is 0. The molecule has 8 heteroatoms. The maximum atomic E-state index is 10.0. The fraction of sp³-hybridized carbons (Fsp3) is 0.519. The molecule has 1 aliphatic heterocycles. The van der Waals surface area contributed by atoms with Crippen LogP contribution in [-0.4, -0.2) is 59.7 Å². The van der Waals surface area contributed by atoms with Crippen molar-refractivity contribution < 1.29 is 19.1 Å². The van der Waals surface area contributed by atoms with Crippen molar-refractivity contribution in [2.75, 3.05) is 33.4 Å². The number of hydrogen-bond donors (Lipinski definition) is 2. The lowest BCUT2D eigenvalue weighted by atomic mass is 9.91. The van der Waals surface area contributed by atoms with Gasteiger partial charge in [0.15, 0.2) is 5.82 Å². The van der Waals surface area contributed by atoms with E-state index < -0.39 is 6.10 Å². The summed E-state index contributed by atoms with van der Waals surface area (Å²) in [6, 6.07) is 7.73. The van der Waals surface area contributed by atoms with E-state index in [1.165, 1.54) is 0 Å². The fourth-order valence-electron chi connectivity index (χ4n) is 4.53. The van der Waals surface area contributed by atoms with Gasteiger partial charge in [-0.05, 0) is 63.8 Å². The highest BCUT2D eigenvalue weighted by molar-refractivity contribution is 5.71. The summed E-state index contributed by atoms with van der Waals surface area (Å²) < 4.78 is 17.0. The standard InChI is InChI=1S/C27H36N4O4/c1-5-24-25(18(3)31-35-24)26-17(2)23(13-19-9-11-33-12-10-19)29-27(30-26)20-7-6-8-22(14-20)34-16-21(32)15-28-4/h6-8,14,19,21,28,32H,5,9-13,15-16H2,1-4H3. The number of nitrogens with zero attached hydrogens (tertiary/aromatic N) is 3. The third-order valence-electron chi connectivity index (χ3n) is 6.54. The summed E-state index contributed by atoms with van der Waals surface area (Å²) in [6.07, 6.45) is 3.12. The molecule has 0 saturated carbocycles. The lowest BCUT2D eigenvalue weighted by Gasteiger charge is -2.23. The van der Waals surface area contributed by atoms with Crippen LogP contribution in [-0.2, 0) is 17.6 Å². The third-order valence-corrected chi connectivity index (χ3v) is 6.54. The number of ether oxygens (including phenoxy) is 2. The number of aryl methyl sites for hydroxylation is 2. The lowest BCUT2D eigenvalue weighted by Crippen LogP contribution is -2.29. The van der Waals surface area contributed by atoms with Crippen LogP contribution in [0.5, 0.6) is 5.75 Å². The van der Waals surface area contributed by atoms with Gasteiger partial charge in [0.05, 0.1) is 17.0 Å². The van der Waals surface area contributed by atoms with Crippen LogP contribution >= 0.6 is 0 Å². The minimum Gasteiger partial charge on any atom is -0.491 e. The smallest absolute Gasteiger partial charge is 0.160 e. The zero-order chi connectivity index (χ0) is 24.8. The molecule has 1 atom stereocenters. The van der Waals surface area contributed by atoms with Crippen LogP contribution in [0.15, 0.2) is 28.8 Å². The molecule has 8 nitrogen and oxygen atoms in total. The Hall–Kier alpha value is -2.81. The first-order valence-electron chi connectivity index (χ1n) is 12.5. The molecule has 188 valence electrons. The second kappa shape index (κ2) is 11.7. The Morgan fingerprint density at radius 3 is 2.74 bits per heavy atom. The number of benzene rings is 1. The monoisotopic (exact) mass is 480 g/mol. The molecule has 1 saturated heterocycles. The van der Waals surface area contributed by atoms with Crippen LogP contribution in [0.2, 0.25) is 0 Å². The maximum Gasteiger partial charge on any atom is 0.160 e. The van der Waals surface area contributed by atoms with Gasteiger partial charge in [0.25, 0.3) is 0 Å². The van der Waals surface area contributed by atoms with E-state index in [1.807, 2.05) is 31.2 Å². The minimum atomic E-state index is -0.582. The van der Waals surface area contributed by atoms with Crippen LogP contribution in [0.25, 0.3) is 22.6 Å². The molecule has 0 aliphatic carbocycles. The van der Waals surface area contributed by atoms with Gasteiger partial charge in [-0.15, -0.1) is 0 Å². The second-order valence-corrected chi connectivity index (χ2v) is 9.20. The van der Waals surface area contributed by atoms with E-state index in [0.29, 0.717) is 24.0 Å². The predicted molar refractivity (Wildman–Crippen MR) is 134 cm³/mol. The number of likely N-dealkylation sites (N-methyl/N-ethyl adjacent to an activating group) is 1. The molecule has 35 heavy (non-hydrogen) atoms. The summed E-state index contributed by atoms with van der Waals surface area (Å²) in [5.41, 5.74) is 5.67. The van der Waals surface area contributed by atoms with E-state index >= 15 is 0 Å². The Kier molecular flexibility index (Phi) is 8.49. The second-order valence-electron chi connectivity index (χ2n) is 9.20. The van der Waals surface area contributed by atoms with Crippen molar-refractivity contribution in [3.05, 3.63) is 47.0 Å². The molecule has 0 radical (unpaired) electrons. The van der Waals surface area contributed by atoms with Crippen LogP contribution in [0.1, 0.15) is 42.5 Å². The first-order chi connectivity index (χ1) is 17.0. The summed E-state index contributed by atoms with van der Waals surface area (Å²) in [4.78, 5) is 10.1. The molecular weight excluding hydrogens is 444 g/mol. The van der Waals surface area contributed by atoms with Gasteiger partial charge < -0.3 is 24.4 Å². The van der Waals surface area contributed by atoms with E-state index in [1.54, 1.807) is 7.05 Å². The summed E-state index contributed by atoms with van der Waals surface area (Å²) in [6.45, 7) is 8.41. The number of hydrogen-bond acceptors (Lipinski definition) is 8. The molecule has 2 N–H and O–H groups in total. The highest BCUT2D eigenvalue weighted by atomic mass is 16.5. The Morgan fingerprint density at radius 2 is 2.00 bits per heavy atom. The normalized spacial score (nSPS) is 15.3. The molecule has 0 amide bonds. The summed E-state index contributed by atoms with van der Waals surface area (Å²) in [7, 11) is 1.80. The van der Waals surface area contributed by atoms with Crippen molar-refractivity contribution >= 4 is 0 Å². The van der Waals surface area contributed by atoms with Gasteiger partial charge in [0.1, 0.15) is 24.2 Å². The molecule has 1 aromatic carbocycles. The zero-order valence-electron chi connectivity index (χ0n) is 21.1. The molecule has 1 aliphatic rings. The predicted octanol–water partition coefficient (Wildman–Crippen LogP) is 3.91. The third kappa shape index (κ3) is 6.07. The molecule has 1 fully saturated rings.